The summed E-state index contributed by atoms with van der Waals surface area (Å²) in [5.41, 5.74) is 1.96. The van der Waals surface area contributed by atoms with Crippen molar-refractivity contribution < 1.29 is 9.18 Å². The van der Waals surface area contributed by atoms with Crippen LogP contribution < -0.4 is 5.32 Å². The normalized spacial score (nSPS) is 17.5. The highest BCUT2D eigenvalue weighted by molar-refractivity contribution is 5.92. The topological polar surface area (TPSA) is 32.3 Å². The van der Waals surface area contributed by atoms with Gasteiger partial charge in [0.25, 0.3) is 0 Å². The van der Waals surface area contributed by atoms with Crippen molar-refractivity contribution in [3.05, 3.63) is 78.1 Å². The summed E-state index contributed by atoms with van der Waals surface area (Å²) in [5.74, 6) is 0.0924. The molecule has 0 radical (unpaired) electrons. The second-order valence-corrected chi connectivity index (χ2v) is 6.88. The summed E-state index contributed by atoms with van der Waals surface area (Å²) < 4.78 is 12.9. The maximum absolute atomic E-state index is 12.9. The van der Waals surface area contributed by atoms with Gasteiger partial charge in [-0.25, -0.2) is 4.39 Å². The first kappa shape index (κ1) is 16.7. The molecule has 4 rings (SSSR count). The molecular formula is C22H21FN2O. The molecule has 0 saturated carbocycles. The molecule has 1 N–H and O–H groups in total. The van der Waals surface area contributed by atoms with E-state index < -0.39 is 0 Å². The Balaban J connectivity index is 1.36. The Bertz CT molecular complexity index is 923. The van der Waals surface area contributed by atoms with E-state index in [9.17, 15) is 9.18 Å². The summed E-state index contributed by atoms with van der Waals surface area (Å²) in [4.78, 5) is 14.4. The number of hydrogen-bond acceptors (Lipinski definition) is 2. The van der Waals surface area contributed by atoms with Crippen LogP contribution in [0, 0.1) is 5.82 Å². The summed E-state index contributed by atoms with van der Waals surface area (Å²) in [6.07, 6.45) is 1.06. The largest absolute Gasteiger partial charge is 0.325 e. The predicted octanol–water partition coefficient (Wildman–Crippen LogP) is 4.41. The van der Waals surface area contributed by atoms with Crippen LogP contribution in [-0.4, -0.2) is 30.4 Å². The van der Waals surface area contributed by atoms with Gasteiger partial charge in [0.2, 0.25) is 5.91 Å². The van der Waals surface area contributed by atoms with E-state index in [4.69, 9.17) is 0 Å². The van der Waals surface area contributed by atoms with Crippen molar-refractivity contribution >= 4 is 22.4 Å². The minimum Gasteiger partial charge on any atom is -0.325 e. The second kappa shape index (κ2) is 7.26. The fraction of sp³-hybridized carbons (Fsp3) is 0.227. The third-order valence-corrected chi connectivity index (χ3v) is 5.01. The number of carbonyl (C=O) groups is 1. The van der Waals surface area contributed by atoms with E-state index in [2.05, 4.69) is 52.7 Å². The van der Waals surface area contributed by atoms with Gasteiger partial charge in [-0.3, -0.25) is 9.69 Å². The van der Waals surface area contributed by atoms with E-state index in [1.165, 1.54) is 28.5 Å². The van der Waals surface area contributed by atoms with Crippen molar-refractivity contribution in [1.82, 2.24) is 4.90 Å². The first-order chi connectivity index (χ1) is 12.7. The van der Waals surface area contributed by atoms with Gasteiger partial charge in [-0.05, 0) is 59.5 Å². The van der Waals surface area contributed by atoms with Crippen LogP contribution >= 0.6 is 0 Å². The third-order valence-electron chi connectivity index (χ3n) is 5.01. The Morgan fingerprint density at radius 3 is 2.62 bits per heavy atom. The van der Waals surface area contributed by atoms with Gasteiger partial charge in [-0.2, -0.15) is 0 Å². The maximum atomic E-state index is 12.9. The average molecular weight is 348 g/mol. The minimum absolute atomic E-state index is 0.0595. The molecule has 1 aliphatic heterocycles. The zero-order valence-electron chi connectivity index (χ0n) is 14.5. The van der Waals surface area contributed by atoms with Gasteiger partial charge in [-0.15, -0.1) is 0 Å². The van der Waals surface area contributed by atoms with Gasteiger partial charge in [-0.1, -0.05) is 42.5 Å². The molecule has 0 aliphatic carbocycles. The SMILES string of the molecule is O=C(CN1CCC(c2ccc3ccccc3c2)C1)Nc1ccc(F)cc1. The lowest BCUT2D eigenvalue weighted by atomic mass is 9.96. The highest BCUT2D eigenvalue weighted by atomic mass is 19.1. The molecule has 0 spiro atoms. The van der Waals surface area contributed by atoms with Gasteiger partial charge in [0.05, 0.1) is 6.54 Å². The molecule has 4 heteroatoms. The van der Waals surface area contributed by atoms with Crippen LogP contribution in [-0.2, 0) is 4.79 Å². The fourth-order valence-electron chi connectivity index (χ4n) is 3.65. The van der Waals surface area contributed by atoms with Crippen LogP contribution in [0.2, 0.25) is 0 Å². The van der Waals surface area contributed by atoms with Crippen molar-refractivity contribution in [3.63, 3.8) is 0 Å². The number of carbonyl (C=O) groups excluding carboxylic acids is 1. The van der Waals surface area contributed by atoms with E-state index in [1.807, 2.05) is 0 Å². The van der Waals surface area contributed by atoms with Crippen LogP contribution in [0.15, 0.2) is 66.7 Å². The molecule has 0 aromatic heterocycles. The number of amides is 1. The highest BCUT2D eigenvalue weighted by Gasteiger charge is 2.25. The van der Waals surface area contributed by atoms with Crippen LogP contribution in [0.5, 0.6) is 0 Å². The Hall–Kier alpha value is -2.72. The molecule has 3 nitrogen and oxygen atoms in total. The van der Waals surface area contributed by atoms with Gasteiger partial charge < -0.3 is 5.32 Å². The summed E-state index contributed by atoms with van der Waals surface area (Å²) in [6.45, 7) is 2.16. The number of likely N-dealkylation sites (tertiary alicyclic amines) is 1. The number of nitrogens with zero attached hydrogens (tertiary/aromatic N) is 1. The van der Waals surface area contributed by atoms with Crippen molar-refractivity contribution in [1.29, 1.82) is 0 Å². The van der Waals surface area contributed by atoms with Crippen molar-refractivity contribution in [3.8, 4) is 0 Å². The fourth-order valence-corrected chi connectivity index (χ4v) is 3.65. The Morgan fingerprint density at radius 1 is 1.04 bits per heavy atom. The summed E-state index contributed by atoms with van der Waals surface area (Å²) >= 11 is 0. The second-order valence-electron chi connectivity index (χ2n) is 6.88. The van der Waals surface area contributed by atoms with Crippen molar-refractivity contribution in [2.45, 2.75) is 12.3 Å². The Labute approximate surface area is 152 Å². The van der Waals surface area contributed by atoms with Crippen molar-refractivity contribution in [2.24, 2.45) is 0 Å². The number of benzene rings is 3. The first-order valence-corrected chi connectivity index (χ1v) is 8.94. The zero-order valence-corrected chi connectivity index (χ0v) is 14.5. The highest BCUT2D eigenvalue weighted by Crippen LogP contribution is 2.29. The number of rotatable bonds is 4. The van der Waals surface area contributed by atoms with Crippen LogP contribution in [0.25, 0.3) is 10.8 Å². The van der Waals surface area contributed by atoms with Crippen LogP contribution in [0.3, 0.4) is 0 Å². The molecular weight excluding hydrogens is 327 g/mol. The van der Waals surface area contributed by atoms with Gasteiger partial charge in [0.1, 0.15) is 5.82 Å². The van der Waals surface area contributed by atoms with Crippen LogP contribution in [0.1, 0.15) is 17.9 Å². The molecule has 3 aromatic rings. The summed E-state index contributed by atoms with van der Waals surface area (Å²) in [7, 11) is 0. The standard InChI is InChI=1S/C22H21FN2O/c23-20-7-9-21(10-8-20)24-22(26)15-25-12-11-19(14-25)18-6-5-16-3-1-2-4-17(16)13-18/h1-10,13,19H,11-12,14-15H2,(H,24,26). The molecule has 1 atom stereocenters. The van der Waals surface area contributed by atoms with Crippen molar-refractivity contribution in [2.75, 3.05) is 25.0 Å². The number of fused-ring (bicyclic) bond motifs is 1. The lowest BCUT2D eigenvalue weighted by molar-refractivity contribution is -0.117. The van der Waals surface area contributed by atoms with E-state index in [-0.39, 0.29) is 11.7 Å². The summed E-state index contributed by atoms with van der Waals surface area (Å²) in [5, 5.41) is 5.34. The van der Waals surface area contributed by atoms with Gasteiger partial charge >= 0.3 is 0 Å². The molecule has 3 aromatic carbocycles. The minimum atomic E-state index is -0.305. The molecule has 1 amide bonds. The van der Waals surface area contributed by atoms with E-state index >= 15 is 0 Å². The predicted molar refractivity (Wildman–Crippen MR) is 103 cm³/mol. The molecule has 132 valence electrons. The maximum Gasteiger partial charge on any atom is 0.238 e. The van der Waals surface area contributed by atoms with Crippen LogP contribution in [0.4, 0.5) is 10.1 Å². The quantitative estimate of drug-likeness (QED) is 0.758. The van der Waals surface area contributed by atoms with E-state index in [0.29, 0.717) is 18.2 Å². The summed E-state index contributed by atoms with van der Waals surface area (Å²) in [6, 6.07) is 20.9. The zero-order chi connectivity index (χ0) is 17.9. The number of hydrogen-bond donors (Lipinski definition) is 1. The van der Waals surface area contributed by atoms with E-state index in [0.717, 1.165) is 19.5 Å². The Morgan fingerprint density at radius 2 is 1.81 bits per heavy atom. The molecule has 1 aliphatic rings. The number of nitrogens with one attached hydrogen (secondary N) is 1. The van der Waals surface area contributed by atoms with E-state index in [1.54, 1.807) is 12.1 Å². The monoisotopic (exact) mass is 348 g/mol. The molecule has 0 bridgehead atoms. The lowest BCUT2D eigenvalue weighted by Gasteiger charge is -2.16. The Kier molecular flexibility index (Phi) is 4.67. The van der Waals surface area contributed by atoms with Gasteiger partial charge in [0, 0.05) is 12.2 Å². The molecule has 1 heterocycles. The first-order valence-electron chi connectivity index (χ1n) is 8.94. The third kappa shape index (κ3) is 3.75. The molecule has 1 saturated heterocycles. The smallest absolute Gasteiger partial charge is 0.238 e. The molecule has 1 unspecified atom stereocenters. The lowest BCUT2D eigenvalue weighted by Crippen LogP contribution is -2.31. The number of halogens is 1. The molecule has 1 fully saturated rings. The number of anilines is 1. The average Bonchev–Trinajstić information content (AvgIpc) is 3.11. The molecule has 26 heavy (non-hydrogen) atoms. The van der Waals surface area contributed by atoms with Gasteiger partial charge in [0.15, 0.2) is 0 Å².